The lowest BCUT2D eigenvalue weighted by Crippen LogP contribution is -1.95. The summed E-state index contributed by atoms with van der Waals surface area (Å²) in [5.41, 5.74) is 2.69. The molecular weight excluding hydrogens is 286 g/mol. The fourth-order valence-corrected chi connectivity index (χ4v) is 2.91. The third kappa shape index (κ3) is 2.03. The molecule has 21 heavy (non-hydrogen) atoms. The van der Waals surface area contributed by atoms with Gasteiger partial charge in [-0.25, -0.2) is 15.0 Å². The Bertz CT molecular complexity index is 893. The number of aromatic amines is 1. The number of nitrogens with one attached hydrogen (secondary N) is 1. The summed E-state index contributed by atoms with van der Waals surface area (Å²) < 4.78 is 1.98. The first kappa shape index (κ1) is 12.2. The van der Waals surface area contributed by atoms with Crippen LogP contribution in [0.2, 0.25) is 0 Å². The summed E-state index contributed by atoms with van der Waals surface area (Å²) in [5.74, 6) is 1.37. The minimum Gasteiger partial charge on any atom is -0.388 e. The Kier molecular flexibility index (Phi) is 2.80. The molecule has 0 aliphatic carbocycles. The number of nitrogens with zero attached hydrogens (tertiary/aromatic N) is 4. The van der Waals surface area contributed by atoms with Crippen molar-refractivity contribution in [3.63, 3.8) is 0 Å². The highest BCUT2D eigenvalue weighted by atomic mass is 32.1. The van der Waals surface area contributed by atoms with Gasteiger partial charge in [0.05, 0.1) is 11.0 Å². The molecule has 0 saturated carbocycles. The minimum atomic E-state index is -0.0978. The Balaban J connectivity index is 1.85. The Labute approximate surface area is 123 Å². The smallest absolute Gasteiger partial charge is 0.173 e. The SMILES string of the molecule is OCc1nc2ccc(-n3ccnc3-c3nccs3)cc2[nH]1. The van der Waals surface area contributed by atoms with Crippen LogP contribution in [0.25, 0.3) is 27.6 Å². The van der Waals surface area contributed by atoms with Gasteiger partial charge in [-0.3, -0.25) is 4.57 Å². The minimum absolute atomic E-state index is 0.0978. The van der Waals surface area contributed by atoms with Gasteiger partial charge in [-0.1, -0.05) is 0 Å². The Morgan fingerprint density at radius 2 is 2.19 bits per heavy atom. The monoisotopic (exact) mass is 297 g/mol. The van der Waals surface area contributed by atoms with Crippen molar-refractivity contribution in [3.05, 3.63) is 48.0 Å². The van der Waals surface area contributed by atoms with Crippen LogP contribution in [0.4, 0.5) is 0 Å². The number of fused-ring (bicyclic) bond motifs is 1. The van der Waals surface area contributed by atoms with Crippen LogP contribution in [0.3, 0.4) is 0 Å². The van der Waals surface area contributed by atoms with Crippen LogP contribution >= 0.6 is 11.3 Å². The van der Waals surface area contributed by atoms with E-state index in [4.69, 9.17) is 5.11 Å². The number of hydrogen-bond acceptors (Lipinski definition) is 5. The number of benzene rings is 1. The largest absolute Gasteiger partial charge is 0.388 e. The maximum absolute atomic E-state index is 9.15. The van der Waals surface area contributed by atoms with E-state index < -0.39 is 0 Å². The van der Waals surface area contributed by atoms with Crippen LogP contribution in [-0.2, 0) is 6.61 Å². The lowest BCUT2D eigenvalue weighted by Gasteiger charge is -2.05. The summed E-state index contributed by atoms with van der Waals surface area (Å²) in [4.78, 5) is 16.1. The first-order chi connectivity index (χ1) is 10.3. The molecule has 0 amide bonds. The van der Waals surface area contributed by atoms with E-state index >= 15 is 0 Å². The molecule has 6 nitrogen and oxygen atoms in total. The highest BCUT2D eigenvalue weighted by Gasteiger charge is 2.11. The maximum Gasteiger partial charge on any atom is 0.173 e. The summed E-state index contributed by atoms with van der Waals surface area (Å²) in [5, 5.41) is 12.0. The maximum atomic E-state index is 9.15. The van der Waals surface area contributed by atoms with E-state index in [2.05, 4.69) is 19.9 Å². The zero-order valence-corrected chi connectivity index (χ0v) is 11.7. The van der Waals surface area contributed by atoms with Crippen molar-refractivity contribution in [1.82, 2.24) is 24.5 Å². The second-order valence-electron chi connectivity index (χ2n) is 4.50. The molecule has 0 aliphatic heterocycles. The molecule has 4 rings (SSSR count). The molecule has 7 heteroatoms. The molecule has 0 bridgehead atoms. The predicted molar refractivity (Wildman–Crippen MR) is 80.2 cm³/mol. The summed E-state index contributed by atoms with van der Waals surface area (Å²) in [7, 11) is 0. The Morgan fingerprint density at radius 1 is 1.24 bits per heavy atom. The molecule has 3 aromatic heterocycles. The molecule has 104 valence electrons. The third-order valence-corrected chi connectivity index (χ3v) is 3.98. The predicted octanol–water partition coefficient (Wildman–Crippen LogP) is 2.36. The van der Waals surface area contributed by atoms with Crippen LogP contribution in [-0.4, -0.2) is 29.6 Å². The molecule has 0 radical (unpaired) electrons. The van der Waals surface area contributed by atoms with Gasteiger partial charge in [-0.15, -0.1) is 11.3 Å². The normalized spacial score (nSPS) is 11.3. The van der Waals surface area contributed by atoms with E-state index in [0.29, 0.717) is 5.82 Å². The molecule has 0 aliphatic rings. The number of hydrogen-bond donors (Lipinski definition) is 2. The van der Waals surface area contributed by atoms with Gasteiger partial charge in [-0.2, -0.15) is 0 Å². The van der Waals surface area contributed by atoms with Gasteiger partial charge < -0.3 is 10.1 Å². The van der Waals surface area contributed by atoms with E-state index in [1.165, 1.54) is 0 Å². The van der Waals surface area contributed by atoms with E-state index in [-0.39, 0.29) is 6.61 Å². The number of H-pyrrole nitrogens is 1. The second-order valence-corrected chi connectivity index (χ2v) is 5.40. The molecule has 0 saturated heterocycles. The molecule has 0 atom stereocenters. The summed E-state index contributed by atoms with van der Waals surface area (Å²) in [6, 6.07) is 5.88. The van der Waals surface area contributed by atoms with Gasteiger partial charge in [0.2, 0.25) is 0 Å². The Morgan fingerprint density at radius 3 is 3.00 bits per heavy atom. The highest BCUT2D eigenvalue weighted by Crippen LogP contribution is 2.24. The van der Waals surface area contributed by atoms with E-state index in [0.717, 1.165) is 27.6 Å². The number of thiazole rings is 1. The number of aliphatic hydroxyl groups excluding tert-OH is 1. The topological polar surface area (TPSA) is 79.6 Å². The third-order valence-electron chi connectivity index (χ3n) is 3.21. The molecule has 0 spiro atoms. The lowest BCUT2D eigenvalue weighted by molar-refractivity contribution is 0.273. The molecular formula is C14H11N5OS. The van der Waals surface area contributed by atoms with Crippen LogP contribution in [0, 0.1) is 0 Å². The van der Waals surface area contributed by atoms with Crippen molar-refractivity contribution in [1.29, 1.82) is 0 Å². The zero-order chi connectivity index (χ0) is 14.2. The summed E-state index contributed by atoms with van der Waals surface area (Å²) in [6.07, 6.45) is 5.43. The first-order valence-electron chi connectivity index (χ1n) is 6.38. The Hall–Kier alpha value is -2.51. The fourth-order valence-electron chi connectivity index (χ4n) is 2.28. The second kappa shape index (κ2) is 4.80. The van der Waals surface area contributed by atoms with Crippen molar-refractivity contribution in [2.75, 3.05) is 0 Å². The van der Waals surface area contributed by atoms with Crippen molar-refractivity contribution >= 4 is 22.4 Å². The van der Waals surface area contributed by atoms with Crippen molar-refractivity contribution in [3.8, 4) is 16.5 Å². The molecule has 1 aromatic carbocycles. The molecule has 4 aromatic rings. The molecule has 2 N–H and O–H groups in total. The zero-order valence-electron chi connectivity index (χ0n) is 10.9. The molecule has 0 unspecified atom stereocenters. The standard InChI is InChI=1S/C14H11N5OS/c20-8-12-17-10-2-1-9(7-11(10)18-12)19-5-3-15-13(19)14-16-4-6-21-14/h1-7,20H,8H2,(H,17,18). The number of aromatic nitrogens is 5. The average molecular weight is 297 g/mol. The van der Waals surface area contributed by atoms with Gasteiger partial charge in [0.25, 0.3) is 0 Å². The van der Waals surface area contributed by atoms with Gasteiger partial charge in [0, 0.05) is 29.7 Å². The lowest BCUT2D eigenvalue weighted by atomic mass is 10.2. The van der Waals surface area contributed by atoms with E-state index in [1.54, 1.807) is 23.7 Å². The molecule has 3 heterocycles. The van der Waals surface area contributed by atoms with Gasteiger partial charge in [0.1, 0.15) is 12.4 Å². The van der Waals surface area contributed by atoms with Crippen LogP contribution in [0.15, 0.2) is 42.2 Å². The van der Waals surface area contributed by atoms with Crippen LogP contribution in [0.1, 0.15) is 5.82 Å². The summed E-state index contributed by atoms with van der Waals surface area (Å²) in [6.45, 7) is -0.0978. The van der Waals surface area contributed by atoms with E-state index in [9.17, 15) is 0 Å². The summed E-state index contributed by atoms with van der Waals surface area (Å²) >= 11 is 1.55. The highest BCUT2D eigenvalue weighted by molar-refractivity contribution is 7.13. The fraction of sp³-hybridized carbons (Fsp3) is 0.0714. The quantitative estimate of drug-likeness (QED) is 0.608. The van der Waals surface area contributed by atoms with E-state index in [1.807, 2.05) is 34.3 Å². The first-order valence-corrected chi connectivity index (χ1v) is 7.26. The van der Waals surface area contributed by atoms with Gasteiger partial charge >= 0.3 is 0 Å². The number of imidazole rings is 2. The van der Waals surface area contributed by atoms with Crippen LogP contribution < -0.4 is 0 Å². The number of aliphatic hydroxyl groups is 1. The van der Waals surface area contributed by atoms with Crippen molar-refractivity contribution in [2.24, 2.45) is 0 Å². The molecule has 0 fully saturated rings. The van der Waals surface area contributed by atoms with Gasteiger partial charge in [0.15, 0.2) is 10.8 Å². The van der Waals surface area contributed by atoms with Gasteiger partial charge in [-0.05, 0) is 18.2 Å². The van der Waals surface area contributed by atoms with Crippen LogP contribution in [0.5, 0.6) is 0 Å². The average Bonchev–Trinajstić information content (AvgIpc) is 3.24. The van der Waals surface area contributed by atoms with Crippen molar-refractivity contribution < 1.29 is 5.11 Å². The number of rotatable bonds is 3. The van der Waals surface area contributed by atoms with Crippen molar-refractivity contribution in [2.45, 2.75) is 6.61 Å².